The molecule has 1 unspecified atom stereocenters. The zero-order valence-electron chi connectivity index (χ0n) is 12.9. The van der Waals surface area contributed by atoms with Crippen molar-refractivity contribution in [1.29, 1.82) is 0 Å². The number of hydrogen-bond acceptors (Lipinski definition) is 3. The van der Waals surface area contributed by atoms with Crippen LogP contribution in [0, 0.1) is 0 Å². The van der Waals surface area contributed by atoms with Gasteiger partial charge in [0.05, 0.1) is 12.3 Å². The summed E-state index contributed by atoms with van der Waals surface area (Å²) in [5, 5.41) is 13.9. The molecule has 2 rings (SSSR count). The second kappa shape index (κ2) is 7.96. The highest BCUT2D eigenvalue weighted by molar-refractivity contribution is 5.14. The van der Waals surface area contributed by atoms with E-state index in [1.807, 2.05) is 30.9 Å². The van der Waals surface area contributed by atoms with Crippen molar-refractivity contribution in [2.75, 3.05) is 13.1 Å². The fraction of sp³-hybridized carbons (Fsp3) is 0.471. The van der Waals surface area contributed by atoms with Crippen molar-refractivity contribution in [2.45, 2.75) is 32.4 Å². The minimum absolute atomic E-state index is 0.299. The van der Waals surface area contributed by atoms with E-state index in [0.29, 0.717) is 6.54 Å². The molecule has 21 heavy (non-hydrogen) atoms. The van der Waals surface area contributed by atoms with Crippen molar-refractivity contribution in [3.05, 3.63) is 53.9 Å². The Balaban J connectivity index is 1.84. The molecule has 1 heterocycles. The number of hydrogen-bond donors (Lipinski definition) is 1. The van der Waals surface area contributed by atoms with Gasteiger partial charge in [-0.15, -0.1) is 0 Å². The molecule has 1 atom stereocenters. The molecule has 0 saturated carbocycles. The normalized spacial score (nSPS) is 12.8. The molecule has 0 fully saturated rings. The van der Waals surface area contributed by atoms with Gasteiger partial charge in [0.15, 0.2) is 0 Å². The molecule has 2 aromatic rings. The molecular weight excluding hydrogens is 262 g/mol. The number of aryl methyl sites for hydroxylation is 2. The van der Waals surface area contributed by atoms with Crippen LogP contribution in [0.3, 0.4) is 0 Å². The van der Waals surface area contributed by atoms with E-state index in [4.69, 9.17) is 0 Å². The van der Waals surface area contributed by atoms with Gasteiger partial charge in [-0.25, -0.2) is 0 Å². The number of nitrogens with zero attached hydrogens (tertiary/aromatic N) is 3. The highest BCUT2D eigenvalue weighted by atomic mass is 16.3. The van der Waals surface area contributed by atoms with Crippen molar-refractivity contribution in [3.8, 4) is 0 Å². The summed E-state index contributed by atoms with van der Waals surface area (Å²) >= 11 is 0. The van der Waals surface area contributed by atoms with Crippen LogP contribution in [0.4, 0.5) is 0 Å². The lowest BCUT2D eigenvalue weighted by molar-refractivity contribution is 0.121. The van der Waals surface area contributed by atoms with Crippen molar-refractivity contribution in [1.82, 2.24) is 14.7 Å². The summed E-state index contributed by atoms with van der Waals surface area (Å²) in [4.78, 5) is 2.32. The number of rotatable bonds is 8. The molecule has 0 radical (unpaired) electrons. The topological polar surface area (TPSA) is 41.3 Å². The van der Waals surface area contributed by atoms with Crippen molar-refractivity contribution < 1.29 is 5.11 Å². The Morgan fingerprint density at radius 2 is 2.00 bits per heavy atom. The fourth-order valence-electron chi connectivity index (χ4n) is 2.56. The Labute approximate surface area is 127 Å². The molecule has 0 spiro atoms. The van der Waals surface area contributed by atoms with Crippen LogP contribution in [-0.2, 0) is 20.0 Å². The van der Waals surface area contributed by atoms with E-state index < -0.39 is 0 Å². The van der Waals surface area contributed by atoms with Gasteiger partial charge in [0.25, 0.3) is 0 Å². The standard InChI is InChI=1S/C17H25N3O/c1-15(21)12-20(14-16-7-4-3-5-8-16)10-6-9-17-11-18-19(2)13-17/h3-5,7-8,11,13,15,21H,6,9-10,12,14H2,1-2H3. The summed E-state index contributed by atoms with van der Waals surface area (Å²) < 4.78 is 1.84. The van der Waals surface area contributed by atoms with E-state index in [0.717, 1.165) is 25.9 Å². The number of benzene rings is 1. The van der Waals surface area contributed by atoms with Crippen molar-refractivity contribution in [3.63, 3.8) is 0 Å². The van der Waals surface area contributed by atoms with Crippen LogP contribution < -0.4 is 0 Å². The number of aliphatic hydroxyl groups is 1. The summed E-state index contributed by atoms with van der Waals surface area (Å²) in [7, 11) is 1.94. The van der Waals surface area contributed by atoms with Crippen LogP contribution in [0.15, 0.2) is 42.7 Å². The van der Waals surface area contributed by atoms with Gasteiger partial charge in [0, 0.05) is 26.3 Å². The minimum Gasteiger partial charge on any atom is -0.392 e. The maximum Gasteiger partial charge on any atom is 0.0639 e. The molecule has 0 aliphatic heterocycles. The molecule has 0 bridgehead atoms. The monoisotopic (exact) mass is 287 g/mol. The van der Waals surface area contributed by atoms with Gasteiger partial charge >= 0.3 is 0 Å². The second-order valence-electron chi connectivity index (χ2n) is 5.70. The van der Waals surface area contributed by atoms with Gasteiger partial charge in [0.2, 0.25) is 0 Å². The Hall–Kier alpha value is -1.65. The minimum atomic E-state index is -0.299. The van der Waals surface area contributed by atoms with Crippen LogP contribution in [0.5, 0.6) is 0 Å². The van der Waals surface area contributed by atoms with Gasteiger partial charge in [-0.1, -0.05) is 30.3 Å². The highest BCUT2D eigenvalue weighted by Crippen LogP contribution is 2.08. The third kappa shape index (κ3) is 5.69. The third-order valence-electron chi connectivity index (χ3n) is 3.47. The first kappa shape index (κ1) is 15.7. The van der Waals surface area contributed by atoms with Crippen molar-refractivity contribution in [2.24, 2.45) is 7.05 Å². The van der Waals surface area contributed by atoms with Crippen LogP contribution in [-0.4, -0.2) is 39.0 Å². The number of aromatic nitrogens is 2. The first-order chi connectivity index (χ1) is 10.1. The maximum atomic E-state index is 9.67. The average Bonchev–Trinajstić information content (AvgIpc) is 2.85. The Kier molecular flexibility index (Phi) is 5.96. The number of aliphatic hydroxyl groups excluding tert-OH is 1. The molecule has 0 aliphatic carbocycles. The molecule has 4 nitrogen and oxygen atoms in total. The lowest BCUT2D eigenvalue weighted by Gasteiger charge is -2.23. The lowest BCUT2D eigenvalue weighted by atomic mass is 10.1. The third-order valence-corrected chi connectivity index (χ3v) is 3.47. The summed E-state index contributed by atoms with van der Waals surface area (Å²) in [6.45, 7) is 4.43. The quantitative estimate of drug-likeness (QED) is 0.809. The van der Waals surface area contributed by atoms with Gasteiger partial charge in [0.1, 0.15) is 0 Å². The maximum absolute atomic E-state index is 9.67. The molecule has 1 aromatic heterocycles. The van der Waals surface area contributed by atoms with E-state index in [1.54, 1.807) is 0 Å². The summed E-state index contributed by atoms with van der Waals surface area (Å²) in [5.41, 5.74) is 2.56. The largest absolute Gasteiger partial charge is 0.392 e. The smallest absolute Gasteiger partial charge is 0.0639 e. The molecule has 0 amide bonds. The Bertz CT molecular complexity index is 522. The van der Waals surface area contributed by atoms with E-state index in [-0.39, 0.29) is 6.10 Å². The molecule has 0 saturated heterocycles. The molecule has 1 aromatic carbocycles. The summed E-state index contributed by atoms with van der Waals surface area (Å²) in [6.07, 6.45) is 5.79. The van der Waals surface area contributed by atoms with E-state index in [2.05, 4.69) is 40.5 Å². The lowest BCUT2D eigenvalue weighted by Crippen LogP contribution is -2.31. The van der Waals surface area contributed by atoms with Gasteiger partial charge in [-0.3, -0.25) is 9.58 Å². The molecule has 1 N–H and O–H groups in total. The zero-order chi connectivity index (χ0) is 15.1. The predicted octanol–water partition coefficient (Wildman–Crippen LogP) is 2.24. The van der Waals surface area contributed by atoms with Crippen LogP contribution in [0.25, 0.3) is 0 Å². The first-order valence-corrected chi connectivity index (χ1v) is 7.55. The zero-order valence-corrected chi connectivity index (χ0v) is 12.9. The van der Waals surface area contributed by atoms with Crippen molar-refractivity contribution >= 4 is 0 Å². The Morgan fingerprint density at radius 1 is 1.24 bits per heavy atom. The van der Waals surface area contributed by atoms with Crippen LogP contribution >= 0.6 is 0 Å². The fourth-order valence-corrected chi connectivity index (χ4v) is 2.56. The predicted molar refractivity (Wildman–Crippen MR) is 84.9 cm³/mol. The SMILES string of the molecule is CC(O)CN(CCCc1cnn(C)c1)Cc1ccccc1. The summed E-state index contributed by atoms with van der Waals surface area (Å²) in [5.74, 6) is 0. The van der Waals surface area contributed by atoms with Crippen LogP contribution in [0.1, 0.15) is 24.5 Å². The highest BCUT2D eigenvalue weighted by Gasteiger charge is 2.09. The van der Waals surface area contributed by atoms with Crippen LogP contribution in [0.2, 0.25) is 0 Å². The van der Waals surface area contributed by atoms with Gasteiger partial charge in [-0.05, 0) is 37.4 Å². The first-order valence-electron chi connectivity index (χ1n) is 7.55. The molecular formula is C17H25N3O. The Morgan fingerprint density at radius 3 is 2.62 bits per heavy atom. The average molecular weight is 287 g/mol. The summed E-state index contributed by atoms with van der Waals surface area (Å²) in [6, 6.07) is 10.4. The van der Waals surface area contributed by atoms with E-state index in [9.17, 15) is 5.11 Å². The molecule has 114 valence electrons. The molecule has 0 aliphatic rings. The second-order valence-corrected chi connectivity index (χ2v) is 5.70. The van der Waals surface area contributed by atoms with E-state index >= 15 is 0 Å². The molecule has 4 heteroatoms. The van der Waals surface area contributed by atoms with Gasteiger partial charge < -0.3 is 5.11 Å². The van der Waals surface area contributed by atoms with Gasteiger partial charge in [-0.2, -0.15) is 5.10 Å². The van der Waals surface area contributed by atoms with E-state index in [1.165, 1.54) is 11.1 Å².